The standard InChI is InChI=1S/C18H13N3/c19-21-16-8-4-2-6-12(16)14-10-9-13-11-5-1-3-7-15(11)20-17(13)18(14)21/h1-10,20H,19H2. The zero-order valence-corrected chi connectivity index (χ0v) is 11.3. The minimum atomic E-state index is 1.05. The summed E-state index contributed by atoms with van der Waals surface area (Å²) in [7, 11) is 0. The summed E-state index contributed by atoms with van der Waals surface area (Å²) in [5.41, 5.74) is 4.36. The lowest BCUT2D eigenvalue weighted by Gasteiger charge is -1.99. The van der Waals surface area contributed by atoms with Crippen LogP contribution in [0.25, 0.3) is 43.6 Å². The molecule has 0 aliphatic rings. The number of aromatic amines is 1. The minimum Gasteiger partial charge on any atom is -0.353 e. The van der Waals surface area contributed by atoms with E-state index in [1.165, 1.54) is 21.5 Å². The number of aromatic nitrogens is 2. The minimum absolute atomic E-state index is 1.05. The fourth-order valence-electron chi connectivity index (χ4n) is 3.40. The number of rotatable bonds is 0. The van der Waals surface area contributed by atoms with Crippen LogP contribution in [0.2, 0.25) is 0 Å². The third kappa shape index (κ3) is 1.23. The Bertz CT molecular complexity index is 1140. The van der Waals surface area contributed by atoms with Gasteiger partial charge in [0, 0.05) is 27.1 Å². The highest BCUT2D eigenvalue weighted by atomic mass is 15.3. The maximum Gasteiger partial charge on any atom is 0.0944 e. The Hall–Kier alpha value is -2.94. The summed E-state index contributed by atoms with van der Waals surface area (Å²) in [5.74, 6) is 6.36. The second kappa shape index (κ2) is 3.58. The van der Waals surface area contributed by atoms with Crippen molar-refractivity contribution in [3.8, 4) is 0 Å². The van der Waals surface area contributed by atoms with Crippen LogP contribution in [0.5, 0.6) is 0 Å². The summed E-state index contributed by atoms with van der Waals surface area (Å²) in [6.07, 6.45) is 0. The van der Waals surface area contributed by atoms with Crippen molar-refractivity contribution in [2.45, 2.75) is 0 Å². The van der Waals surface area contributed by atoms with Crippen molar-refractivity contribution in [2.24, 2.45) is 0 Å². The lowest BCUT2D eigenvalue weighted by molar-refractivity contribution is 1.12. The Balaban J connectivity index is 2.14. The third-order valence-electron chi connectivity index (χ3n) is 4.35. The molecule has 0 fully saturated rings. The molecule has 0 spiro atoms. The monoisotopic (exact) mass is 271 g/mol. The molecule has 21 heavy (non-hydrogen) atoms. The number of benzene rings is 3. The number of fused-ring (bicyclic) bond motifs is 7. The molecule has 0 aliphatic carbocycles. The maximum atomic E-state index is 6.36. The van der Waals surface area contributed by atoms with Gasteiger partial charge in [0.15, 0.2) is 0 Å². The molecule has 0 aliphatic heterocycles. The van der Waals surface area contributed by atoms with Crippen LogP contribution in [-0.4, -0.2) is 9.66 Å². The third-order valence-corrected chi connectivity index (χ3v) is 4.35. The van der Waals surface area contributed by atoms with Gasteiger partial charge >= 0.3 is 0 Å². The van der Waals surface area contributed by atoms with E-state index in [0.29, 0.717) is 0 Å². The van der Waals surface area contributed by atoms with Crippen LogP contribution in [0.4, 0.5) is 0 Å². The van der Waals surface area contributed by atoms with Gasteiger partial charge in [-0.3, -0.25) is 4.68 Å². The van der Waals surface area contributed by atoms with E-state index in [1.807, 2.05) is 12.1 Å². The van der Waals surface area contributed by atoms with Gasteiger partial charge in [0.25, 0.3) is 0 Å². The Kier molecular flexibility index (Phi) is 1.84. The van der Waals surface area contributed by atoms with Crippen molar-refractivity contribution in [2.75, 3.05) is 5.84 Å². The van der Waals surface area contributed by atoms with E-state index in [4.69, 9.17) is 5.84 Å². The number of hydrogen-bond acceptors (Lipinski definition) is 1. The number of nitrogens with one attached hydrogen (secondary N) is 1. The SMILES string of the molecule is Nn1c2ccccc2c2ccc3c4ccccc4[nH]c3c21. The Labute approximate surface area is 120 Å². The van der Waals surface area contributed by atoms with Crippen molar-refractivity contribution >= 4 is 43.6 Å². The number of hydrogen-bond donors (Lipinski definition) is 2. The number of nitrogen functional groups attached to an aromatic ring is 1. The summed E-state index contributed by atoms with van der Waals surface area (Å²) in [4.78, 5) is 3.52. The Morgan fingerprint density at radius 1 is 0.714 bits per heavy atom. The zero-order chi connectivity index (χ0) is 14.0. The molecule has 3 nitrogen and oxygen atoms in total. The molecule has 100 valence electrons. The molecule has 0 bridgehead atoms. The molecule has 3 aromatic carbocycles. The van der Waals surface area contributed by atoms with Gasteiger partial charge in [0.05, 0.1) is 16.6 Å². The van der Waals surface area contributed by atoms with Gasteiger partial charge in [-0.1, -0.05) is 48.5 Å². The molecule has 2 aromatic heterocycles. The summed E-state index contributed by atoms with van der Waals surface area (Å²) in [6.45, 7) is 0. The summed E-state index contributed by atoms with van der Waals surface area (Å²) in [5, 5.41) is 4.83. The molecular weight excluding hydrogens is 258 g/mol. The molecule has 0 saturated carbocycles. The molecular formula is C18H13N3. The van der Waals surface area contributed by atoms with Crippen LogP contribution < -0.4 is 5.84 Å². The molecule has 0 amide bonds. The van der Waals surface area contributed by atoms with Crippen LogP contribution in [-0.2, 0) is 0 Å². The van der Waals surface area contributed by atoms with Crippen molar-refractivity contribution in [1.82, 2.24) is 9.66 Å². The molecule has 2 heterocycles. The van der Waals surface area contributed by atoms with Crippen LogP contribution >= 0.6 is 0 Å². The summed E-state index contributed by atoms with van der Waals surface area (Å²) < 4.78 is 1.79. The predicted molar refractivity (Wildman–Crippen MR) is 89.0 cm³/mol. The zero-order valence-electron chi connectivity index (χ0n) is 11.3. The van der Waals surface area contributed by atoms with Crippen molar-refractivity contribution in [3.63, 3.8) is 0 Å². The second-order valence-corrected chi connectivity index (χ2v) is 5.44. The number of nitrogens with two attached hydrogens (primary N) is 1. The van der Waals surface area contributed by atoms with Crippen LogP contribution in [0.1, 0.15) is 0 Å². The van der Waals surface area contributed by atoms with E-state index in [2.05, 4.69) is 53.5 Å². The van der Waals surface area contributed by atoms with Crippen LogP contribution in [0.15, 0.2) is 60.7 Å². The van der Waals surface area contributed by atoms with E-state index in [0.717, 1.165) is 22.1 Å². The topological polar surface area (TPSA) is 46.7 Å². The number of nitrogens with zero attached hydrogens (tertiary/aromatic N) is 1. The molecule has 3 N–H and O–H groups in total. The Morgan fingerprint density at radius 2 is 1.43 bits per heavy atom. The smallest absolute Gasteiger partial charge is 0.0944 e. The van der Waals surface area contributed by atoms with Gasteiger partial charge in [-0.15, -0.1) is 0 Å². The first-order chi connectivity index (χ1) is 10.3. The molecule has 5 rings (SSSR count). The normalized spacial score (nSPS) is 12.0. The molecule has 0 saturated heterocycles. The molecule has 0 unspecified atom stereocenters. The predicted octanol–water partition coefficient (Wildman–Crippen LogP) is 4.14. The molecule has 5 aromatic rings. The van der Waals surface area contributed by atoms with Gasteiger partial charge < -0.3 is 10.8 Å². The van der Waals surface area contributed by atoms with Gasteiger partial charge in [-0.25, -0.2) is 0 Å². The van der Waals surface area contributed by atoms with Gasteiger partial charge in [0.2, 0.25) is 0 Å². The first kappa shape index (κ1) is 10.8. The highest BCUT2D eigenvalue weighted by Gasteiger charge is 2.14. The van der Waals surface area contributed by atoms with E-state index in [9.17, 15) is 0 Å². The summed E-state index contributed by atoms with van der Waals surface area (Å²) >= 11 is 0. The van der Waals surface area contributed by atoms with Gasteiger partial charge in [-0.05, 0) is 12.1 Å². The van der Waals surface area contributed by atoms with E-state index in [1.54, 1.807) is 4.68 Å². The van der Waals surface area contributed by atoms with Crippen LogP contribution in [0, 0.1) is 0 Å². The molecule has 0 radical (unpaired) electrons. The van der Waals surface area contributed by atoms with Crippen molar-refractivity contribution < 1.29 is 0 Å². The lowest BCUT2D eigenvalue weighted by Crippen LogP contribution is -2.06. The van der Waals surface area contributed by atoms with Crippen LogP contribution in [0.3, 0.4) is 0 Å². The highest BCUT2D eigenvalue weighted by molar-refractivity contribution is 6.22. The first-order valence-electron chi connectivity index (χ1n) is 7.02. The average Bonchev–Trinajstić information content (AvgIpc) is 3.04. The van der Waals surface area contributed by atoms with E-state index in [-0.39, 0.29) is 0 Å². The molecule has 3 heteroatoms. The fraction of sp³-hybridized carbons (Fsp3) is 0. The van der Waals surface area contributed by atoms with Crippen molar-refractivity contribution in [1.29, 1.82) is 0 Å². The molecule has 0 atom stereocenters. The Morgan fingerprint density at radius 3 is 2.33 bits per heavy atom. The van der Waals surface area contributed by atoms with E-state index >= 15 is 0 Å². The largest absolute Gasteiger partial charge is 0.353 e. The number of para-hydroxylation sites is 2. The maximum absolute atomic E-state index is 6.36. The fourth-order valence-corrected chi connectivity index (χ4v) is 3.40. The van der Waals surface area contributed by atoms with Crippen molar-refractivity contribution in [3.05, 3.63) is 60.7 Å². The van der Waals surface area contributed by atoms with Gasteiger partial charge in [-0.2, -0.15) is 0 Å². The number of H-pyrrole nitrogens is 1. The highest BCUT2D eigenvalue weighted by Crippen LogP contribution is 2.35. The quantitative estimate of drug-likeness (QED) is 0.408. The van der Waals surface area contributed by atoms with Gasteiger partial charge in [0.1, 0.15) is 0 Å². The average molecular weight is 271 g/mol. The van der Waals surface area contributed by atoms with E-state index < -0.39 is 0 Å². The first-order valence-corrected chi connectivity index (χ1v) is 7.02. The lowest BCUT2D eigenvalue weighted by atomic mass is 10.1. The second-order valence-electron chi connectivity index (χ2n) is 5.44. The summed E-state index contributed by atoms with van der Waals surface area (Å²) in [6, 6.07) is 21.0.